The van der Waals surface area contributed by atoms with Crippen molar-refractivity contribution >= 4 is 23.3 Å². The molecule has 0 radical (unpaired) electrons. The monoisotopic (exact) mass is 336 g/mol. The van der Waals surface area contributed by atoms with Crippen molar-refractivity contribution in [1.82, 2.24) is 4.90 Å². The zero-order valence-corrected chi connectivity index (χ0v) is 15.0. The van der Waals surface area contributed by atoms with E-state index in [1.54, 1.807) is 7.11 Å². The Kier molecular flexibility index (Phi) is 4.32. The van der Waals surface area contributed by atoms with E-state index >= 15 is 0 Å². The summed E-state index contributed by atoms with van der Waals surface area (Å²) in [4.78, 5) is 14.6. The Morgan fingerprint density at radius 3 is 2.57 bits per heavy atom. The first-order valence-corrected chi connectivity index (χ1v) is 8.64. The second-order valence-corrected chi connectivity index (χ2v) is 7.77. The number of halogens is 1. The number of methoxy groups -OCH3 is 1. The standard InChI is InChI=1S/C18H25ClN2O2/c1-11-7-13-10-14(8-11)21(13)17(22)20-12-5-6-16(19)15(9-12)18(2,3)23-4/h5-6,9,11,13-14H,7-8,10H2,1-4H3,(H,20,22). The van der Waals surface area contributed by atoms with E-state index in [9.17, 15) is 4.79 Å². The van der Waals surface area contributed by atoms with Gasteiger partial charge in [0.25, 0.3) is 0 Å². The molecule has 0 saturated carbocycles. The fourth-order valence-corrected chi connectivity index (χ4v) is 4.19. The van der Waals surface area contributed by atoms with Gasteiger partial charge in [0.1, 0.15) is 0 Å². The van der Waals surface area contributed by atoms with Gasteiger partial charge in [0, 0.05) is 35.5 Å². The molecule has 0 aromatic heterocycles. The maximum absolute atomic E-state index is 12.6. The number of fused-ring (bicyclic) bond motifs is 2. The summed E-state index contributed by atoms with van der Waals surface area (Å²) in [5.74, 6) is 0.729. The van der Waals surface area contributed by atoms with Gasteiger partial charge in [-0.1, -0.05) is 18.5 Å². The van der Waals surface area contributed by atoms with Gasteiger partial charge in [-0.15, -0.1) is 0 Å². The van der Waals surface area contributed by atoms with Crippen LogP contribution in [0.5, 0.6) is 0 Å². The van der Waals surface area contributed by atoms with Crippen LogP contribution < -0.4 is 5.32 Å². The molecule has 2 saturated heterocycles. The number of ether oxygens (including phenoxy) is 1. The number of anilines is 1. The van der Waals surface area contributed by atoms with Crippen molar-refractivity contribution in [2.45, 2.75) is 57.7 Å². The molecule has 1 aromatic rings. The second-order valence-electron chi connectivity index (χ2n) is 7.37. The number of amides is 2. The Labute approximate surface area is 143 Å². The molecule has 2 aliphatic heterocycles. The summed E-state index contributed by atoms with van der Waals surface area (Å²) >= 11 is 6.29. The lowest BCUT2D eigenvalue weighted by molar-refractivity contribution is -0.00603. The predicted molar refractivity (Wildman–Crippen MR) is 92.9 cm³/mol. The van der Waals surface area contributed by atoms with Crippen molar-refractivity contribution in [1.29, 1.82) is 0 Å². The molecule has 0 spiro atoms. The molecule has 3 rings (SSSR count). The molecule has 2 aliphatic rings. The number of nitrogens with one attached hydrogen (secondary N) is 1. The van der Waals surface area contributed by atoms with Crippen molar-refractivity contribution in [2.24, 2.45) is 5.92 Å². The normalized spacial score (nSPS) is 26.7. The Bertz CT molecular complexity index is 605. The summed E-state index contributed by atoms with van der Waals surface area (Å²) in [6.45, 7) is 6.19. The highest BCUT2D eigenvalue weighted by molar-refractivity contribution is 6.31. The zero-order chi connectivity index (χ0) is 16.8. The number of benzene rings is 1. The van der Waals surface area contributed by atoms with E-state index in [1.165, 1.54) is 0 Å². The predicted octanol–water partition coefficient (Wildman–Crippen LogP) is 4.63. The summed E-state index contributed by atoms with van der Waals surface area (Å²) in [6, 6.07) is 6.38. The highest BCUT2D eigenvalue weighted by atomic mass is 35.5. The number of piperidine rings is 1. The van der Waals surface area contributed by atoms with Crippen LogP contribution in [0.15, 0.2) is 18.2 Å². The average molecular weight is 337 g/mol. The van der Waals surface area contributed by atoms with Crippen LogP contribution in [0.1, 0.15) is 45.6 Å². The van der Waals surface area contributed by atoms with Crippen LogP contribution in [0.2, 0.25) is 5.02 Å². The molecule has 4 nitrogen and oxygen atoms in total. The smallest absolute Gasteiger partial charge is 0.322 e. The van der Waals surface area contributed by atoms with Crippen LogP contribution >= 0.6 is 11.6 Å². The van der Waals surface area contributed by atoms with E-state index in [1.807, 2.05) is 36.9 Å². The van der Waals surface area contributed by atoms with Crippen LogP contribution in [0, 0.1) is 5.92 Å². The maximum atomic E-state index is 12.6. The lowest BCUT2D eigenvalue weighted by Crippen LogP contribution is -2.63. The lowest BCUT2D eigenvalue weighted by Gasteiger charge is -2.54. The third kappa shape index (κ3) is 3.07. The summed E-state index contributed by atoms with van der Waals surface area (Å²) in [7, 11) is 1.66. The van der Waals surface area contributed by atoms with E-state index < -0.39 is 5.60 Å². The first kappa shape index (κ1) is 16.6. The topological polar surface area (TPSA) is 41.6 Å². The van der Waals surface area contributed by atoms with Gasteiger partial charge >= 0.3 is 6.03 Å². The van der Waals surface area contributed by atoms with Gasteiger partial charge in [0.15, 0.2) is 0 Å². The zero-order valence-electron chi connectivity index (χ0n) is 14.2. The van der Waals surface area contributed by atoms with E-state index in [-0.39, 0.29) is 6.03 Å². The number of urea groups is 1. The molecular formula is C18H25ClN2O2. The van der Waals surface area contributed by atoms with Gasteiger partial charge in [-0.25, -0.2) is 4.79 Å². The molecule has 2 unspecified atom stereocenters. The Hall–Kier alpha value is -1.26. The molecule has 2 atom stereocenters. The van der Waals surface area contributed by atoms with Gasteiger partial charge in [0.2, 0.25) is 0 Å². The summed E-state index contributed by atoms with van der Waals surface area (Å²) in [5.41, 5.74) is 1.13. The quantitative estimate of drug-likeness (QED) is 0.874. The molecular weight excluding hydrogens is 312 g/mol. The van der Waals surface area contributed by atoms with Crippen LogP contribution in [-0.2, 0) is 10.3 Å². The summed E-state index contributed by atoms with van der Waals surface area (Å²) in [6.07, 6.45) is 3.39. The van der Waals surface area contributed by atoms with E-state index in [2.05, 4.69) is 12.2 Å². The highest BCUT2D eigenvalue weighted by Crippen LogP contribution is 2.41. The van der Waals surface area contributed by atoms with Crippen LogP contribution in [0.3, 0.4) is 0 Å². The number of carbonyl (C=O) groups is 1. The molecule has 0 aliphatic carbocycles. The van der Waals surface area contributed by atoms with Crippen molar-refractivity contribution < 1.29 is 9.53 Å². The average Bonchev–Trinajstić information content (AvgIpc) is 2.48. The Morgan fingerprint density at radius 2 is 1.96 bits per heavy atom. The minimum absolute atomic E-state index is 0.00152. The molecule has 1 N–H and O–H groups in total. The molecule has 2 fully saturated rings. The maximum Gasteiger partial charge on any atom is 0.322 e. The number of hydrogen-bond donors (Lipinski definition) is 1. The fraction of sp³-hybridized carbons (Fsp3) is 0.611. The van der Waals surface area contributed by atoms with E-state index in [0.717, 1.165) is 36.4 Å². The number of nitrogens with zero attached hydrogens (tertiary/aromatic N) is 1. The van der Waals surface area contributed by atoms with Gasteiger partial charge in [-0.2, -0.15) is 0 Å². The Morgan fingerprint density at radius 1 is 1.30 bits per heavy atom. The molecule has 1 aromatic carbocycles. The minimum atomic E-state index is -0.499. The second kappa shape index (κ2) is 5.99. The lowest BCUT2D eigenvalue weighted by atomic mass is 9.74. The number of hydrogen-bond acceptors (Lipinski definition) is 2. The van der Waals surface area contributed by atoms with Crippen LogP contribution in [-0.4, -0.2) is 30.1 Å². The molecule has 5 heteroatoms. The van der Waals surface area contributed by atoms with Crippen molar-refractivity contribution in [3.63, 3.8) is 0 Å². The SMILES string of the molecule is COC(C)(C)c1cc(NC(=O)N2C3CC(C)CC2C3)ccc1Cl. The van der Waals surface area contributed by atoms with Crippen molar-refractivity contribution in [2.75, 3.05) is 12.4 Å². The fourth-order valence-electron chi connectivity index (χ4n) is 3.84. The molecule has 2 heterocycles. The van der Waals surface area contributed by atoms with Crippen molar-refractivity contribution in [3.05, 3.63) is 28.8 Å². The van der Waals surface area contributed by atoms with Gasteiger partial charge in [0.05, 0.1) is 5.60 Å². The number of carbonyl (C=O) groups excluding carboxylic acids is 1. The Balaban J connectivity index is 1.74. The van der Waals surface area contributed by atoms with Gasteiger partial charge in [-0.3, -0.25) is 0 Å². The summed E-state index contributed by atoms with van der Waals surface area (Å²) in [5, 5.41) is 3.67. The summed E-state index contributed by atoms with van der Waals surface area (Å²) < 4.78 is 5.51. The van der Waals surface area contributed by atoms with Crippen LogP contribution in [0.25, 0.3) is 0 Å². The molecule has 126 valence electrons. The molecule has 2 amide bonds. The van der Waals surface area contributed by atoms with Crippen molar-refractivity contribution in [3.8, 4) is 0 Å². The first-order chi connectivity index (χ1) is 10.8. The van der Waals surface area contributed by atoms with Crippen LogP contribution in [0.4, 0.5) is 10.5 Å². The number of rotatable bonds is 3. The van der Waals surface area contributed by atoms with E-state index in [4.69, 9.17) is 16.3 Å². The third-order valence-electron chi connectivity index (χ3n) is 5.29. The molecule has 23 heavy (non-hydrogen) atoms. The largest absolute Gasteiger partial charge is 0.374 e. The molecule has 2 bridgehead atoms. The third-order valence-corrected chi connectivity index (χ3v) is 5.62. The highest BCUT2D eigenvalue weighted by Gasteiger charge is 2.46. The van der Waals surface area contributed by atoms with E-state index in [0.29, 0.717) is 17.1 Å². The first-order valence-electron chi connectivity index (χ1n) is 8.26. The van der Waals surface area contributed by atoms with Gasteiger partial charge in [-0.05, 0) is 57.2 Å². The minimum Gasteiger partial charge on any atom is -0.374 e. The van der Waals surface area contributed by atoms with Gasteiger partial charge < -0.3 is 15.0 Å².